The molecule has 1 amide bonds. The second-order valence-corrected chi connectivity index (χ2v) is 6.65. The fraction of sp³-hybridized carbons (Fsp3) is 0.286. The molecule has 0 fully saturated rings. The zero-order valence-electron chi connectivity index (χ0n) is 15.5. The summed E-state index contributed by atoms with van der Waals surface area (Å²) in [5.74, 6) is 2.06. The lowest BCUT2D eigenvalue weighted by Gasteiger charge is -2.09. The zero-order chi connectivity index (χ0) is 19.4. The van der Waals surface area contributed by atoms with Crippen molar-refractivity contribution in [3.63, 3.8) is 0 Å². The quantitative estimate of drug-likeness (QED) is 0.600. The molecule has 0 unspecified atom stereocenters. The van der Waals surface area contributed by atoms with Gasteiger partial charge in [0.25, 0.3) is 0 Å². The summed E-state index contributed by atoms with van der Waals surface area (Å²) in [5, 5.41) is 4.33. The number of amides is 1. The number of ether oxygens (including phenoxy) is 2. The number of hydrogen-bond donors (Lipinski definition) is 1. The predicted octanol–water partition coefficient (Wildman–Crippen LogP) is 5.26. The van der Waals surface area contributed by atoms with E-state index in [1.165, 1.54) is 6.92 Å². The van der Waals surface area contributed by atoms with E-state index in [-0.39, 0.29) is 11.9 Å². The van der Waals surface area contributed by atoms with Gasteiger partial charge in [-0.2, -0.15) is 0 Å². The third-order valence-electron chi connectivity index (χ3n) is 4.08. The van der Waals surface area contributed by atoms with Crippen molar-refractivity contribution >= 4 is 28.5 Å². The Hall–Kier alpha value is -2.66. The summed E-state index contributed by atoms with van der Waals surface area (Å²) >= 11 is 6.30. The van der Waals surface area contributed by atoms with Crippen LogP contribution < -0.4 is 14.8 Å². The number of carbonyl (C=O) groups excluding carboxylic acids is 1. The van der Waals surface area contributed by atoms with Crippen LogP contribution in [0.4, 0.5) is 0 Å². The fourth-order valence-corrected chi connectivity index (χ4v) is 3.01. The number of halogens is 1. The van der Waals surface area contributed by atoms with Gasteiger partial charge in [0.15, 0.2) is 0 Å². The SMILES string of the molecule is CCOc1ccc(COc2ccc3oc([C@H](C)NC(C)=O)cc3c2)c(Cl)c1. The molecule has 5 nitrogen and oxygen atoms in total. The van der Waals surface area contributed by atoms with Crippen LogP contribution in [0.5, 0.6) is 11.5 Å². The van der Waals surface area contributed by atoms with Crippen molar-refractivity contribution in [1.82, 2.24) is 5.32 Å². The number of carbonyl (C=O) groups is 1. The molecule has 1 N–H and O–H groups in total. The van der Waals surface area contributed by atoms with Crippen molar-refractivity contribution in [1.29, 1.82) is 0 Å². The first-order valence-corrected chi connectivity index (χ1v) is 9.18. The lowest BCUT2D eigenvalue weighted by Crippen LogP contribution is -2.23. The number of fused-ring (bicyclic) bond motifs is 1. The van der Waals surface area contributed by atoms with E-state index in [1.807, 2.05) is 50.2 Å². The summed E-state index contributed by atoms with van der Waals surface area (Å²) in [6, 6.07) is 12.9. The van der Waals surface area contributed by atoms with Gasteiger partial charge < -0.3 is 19.2 Å². The highest BCUT2D eigenvalue weighted by molar-refractivity contribution is 6.31. The van der Waals surface area contributed by atoms with Crippen molar-refractivity contribution in [2.75, 3.05) is 6.61 Å². The maximum absolute atomic E-state index is 11.2. The van der Waals surface area contributed by atoms with Crippen LogP contribution in [0.25, 0.3) is 11.0 Å². The predicted molar refractivity (Wildman–Crippen MR) is 105 cm³/mol. The zero-order valence-corrected chi connectivity index (χ0v) is 16.3. The van der Waals surface area contributed by atoms with Gasteiger partial charge >= 0.3 is 0 Å². The van der Waals surface area contributed by atoms with Crippen LogP contribution in [0.15, 0.2) is 46.9 Å². The Morgan fingerprint density at radius 3 is 2.59 bits per heavy atom. The molecule has 3 aromatic rings. The Kier molecular flexibility index (Phi) is 5.91. The van der Waals surface area contributed by atoms with Crippen molar-refractivity contribution in [3.8, 4) is 11.5 Å². The summed E-state index contributed by atoms with van der Waals surface area (Å²) in [6.45, 7) is 6.24. The summed E-state index contributed by atoms with van der Waals surface area (Å²) in [5.41, 5.74) is 1.63. The molecule has 1 aromatic heterocycles. The van der Waals surface area contributed by atoms with Gasteiger partial charge in [-0.05, 0) is 50.2 Å². The molecule has 0 aliphatic carbocycles. The third kappa shape index (κ3) is 4.74. The Morgan fingerprint density at radius 2 is 1.89 bits per heavy atom. The van der Waals surface area contributed by atoms with E-state index in [0.717, 1.165) is 22.3 Å². The third-order valence-corrected chi connectivity index (χ3v) is 4.44. The van der Waals surface area contributed by atoms with Crippen LogP contribution in [-0.4, -0.2) is 12.5 Å². The molecule has 0 aliphatic heterocycles. The first-order valence-electron chi connectivity index (χ1n) is 8.81. The van der Waals surface area contributed by atoms with Crippen molar-refractivity contribution in [2.45, 2.75) is 33.4 Å². The maximum Gasteiger partial charge on any atom is 0.217 e. The largest absolute Gasteiger partial charge is 0.494 e. The highest BCUT2D eigenvalue weighted by Gasteiger charge is 2.13. The van der Waals surface area contributed by atoms with E-state index >= 15 is 0 Å². The summed E-state index contributed by atoms with van der Waals surface area (Å²) < 4.78 is 17.1. The Labute approximate surface area is 163 Å². The van der Waals surface area contributed by atoms with Crippen molar-refractivity contribution < 1.29 is 18.7 Å². The second kappa shape index (κ2) is 8.35. The molecule has 0 radical (unpaired) electrons. The number of benzene rings is 2. The lowest BCUT2D eigenvalue weighted by molar-refractivity contribution is -0.119. The lowest BCUT2D eigenvalue weighted by atomic mass is 10.2. The molecule has 3 rings (SSSR count). The van der Waals surface area contributed by atoms with Gasteiger partial charge in [-0.15, -0.1) is 0 Å². The van der Waals surface area contributed by atoms with Crippen molar-refractivity contribution in [2.24, 2.45) is 0 Å². The molecular formula is C21H22ClNO4. The van der Waals surface area contributed by atoms with Gasteiger partial charge in [-0.25, -0.2) is 0 Å². The highest BCUT2D eigenvalue weighted by atomic mass is 35.5. The molecule has 6 heteroatoms. The summed E-state index contributed by atoms with van der Waals surface area (Å²) in [6.07, 6.45) is 0. The van der Waals surface area contributed by atoms with E-state index in [4.69, 9.17) is 25.5 Å². The Bertz CT molecular complexity index is 951. The molecule has 0 saturated heterocycles. The first-order chi connectivity index (χ1) is 13.0. The summed E-state index contributed by atoms with van der Waals surface area (Å²) in [4.78, 5) is 11.2. The Balaban J connectivity index is 1.71. The molecule has 0 bridgehead atoms. The van der Waals surface area contributed by atoms with E-state index in [9.17, 15) is 4.79 Å². The molecule has 2 aromatic carbocycles. The minimum Gasteiger partial charge on any atom is -0.494 e. The highest BCUT2D eigenvalue weighted by Crippen LogP contribution is 2.29. The van der Waals surface area contributed by atoms with Gasteiger partial charge in [-0.3, -0.25) is 4.79 Å². The van der Waals surface area contributed by atoms with Gasteiger partial charge in [0, 0.05) is 17.9 Å². The molecule has 27 heavy (non-hydrogen) atoms. The minimum absolute atomic E-state index is 0.0980. The number of hydrogen-bond acceptors (Lipinski definition) is 4. The average Bonchev–Trinajstić information content (AvgIpc) is 3.04. The standard InChI is InChI=1S/C21H22ClNO4/c1-4-25-18-6-5-15(19(22)11-18)12-26-17-7-8-20-16(9-17)10-21(27-20)13(2)23-14(3)24/h5-11,13H,4,12H2,1-3H3,(H,23,24)/t13-/m0/s1. The topological polar surface area (TPSA) is 60.7 Å². The van der Waals surface area contributed by atoms with Crippen LogP contribution in [0.2, 0.25) is 5.02 Å². The van der Waals surface area contributed by atoms with E-state index in [0.29, 0.717) is 29.7 Å². The number of furan rings is 1. The molecule has 142 valence electrons. The molecule has 0 spiro atoms. The van der Waals surface area contributed by atoms with Crippen LogP contribution in [0.3, 0.4) is 0 Å². The average molecular weight is 388 g/mol. The van der Waals surface area contributed by atoms with Crippen molar-refractivity contribution in [3.05, 3.63) is 58.8 Å². The molecule has 0 aliphatic rings. The van der Waals surface area contributed by atoms with Crippen LogP contribution in [-0.2, 0) is 11.4 Å². The normalized spacial score (nSPS) is 12.0. The van der Waals surface area contributed by atoms with Gasteiger partial charge in [0.2, 0.25) is 5.91 Å². The molecule has 1 heterocycles. The molecule has 0 saturated carbocycles. The summed E-state index contributed by atoms with van der Waals surface area (Å²) in [7, 11) is 0. The second-order valence-electron chi connectivity index (χ2n) is 6.25. The Morgan fingerprint density at radius 1 is 1.15 bits per heavy atom. The van der Waals surface area contributed by atoms with E-state index in [1.54, 1.807) is 6.07 Å². The smallest absolute Gasteiger partial charge is 0.217 e. The molecule has 1 atom stereocenters. The number of rotatable bonds is 7. The van der Waals surface area contributed by atoms with E-state index < -0.39 is 0 Å². The van der Waals surface area contributed by atoms with Crippen LogP contribution in [0, 0.1) is 0 Å². The van der Waals surface area contributed by atoms with Crippen LogP contribution >= 0.6 is 11.6 Å². The number of nitrogens with one attached hydrogen (secondary N) is 1. The molecular weight excluding hydrogens is 366 g/mol. The van der Waals surface area contributed by atoms with Gasteiger partial charge in [0.1, 0.15) is 29.4 Å². The minimum atomic E-state index is -0.193. The fourth-order valence-electron chi connectivity index (χ4n) is 2.78. The monoisotopic (exact) mass is 387 g/mol. The van der Waals surface area contributed by atoms with Crippen LogP contribution in [0.1, 0.15) is 38.1 Å². The first kappa shape index (κ1) is 19.1. The van der Waals surface area contributed by atoms with Gasteiger partial charge in [0.05, 0.1) is 17.7 Å². The van der Waals surface area contributed by atoms with Gasteiger partial charge in [-0.1, -0.05) is 17.7 Å². The van der Waals surface area contributed by atoms with E-state index in [2.05, 4.69) is 5.32 Å². The maximum atomic E-state index is 11.2.